The van der Waals surface area contributed by atoms with Crippen LogP contribution in [0, 0.1) is 5.41 Å². The molecule has 2 rings (SSSR count). The minimum Gasteiger partial charge on any atom is -0.414 e. The second-order valence-electron chi connectivity index (χ2n) is 13.2. The number of carbonyl (C=O) groups is 2. The van der Waals surface area contributed by atoms with E-state index in [4.69, 9.17) is 14.6 Å². The Morgan fingerprint density at radius 3 is 1.88 bits per heavy atom. The summed E-state index contributed by atoms with van der Waals surface area (Å²) in [5.74, 6) is -0.410. The smallest absolute Gasteiger partial charge is 0.242 e. The number of rotatable bonds is 7. The molecule has 32 heavy (non-hydrogen) atoms. The molecule has 186 valence electrons. The lowest BCUT2D eigenvalue weighted by atomic mass is 9.66. The van der Waals surface area contributed by atoms with E-state index in [-0.39, 0.29) is 27.5 Å². The van der Waals surface area contributed by atoms with Gasteiger partial charge in [0.25, 0.3) is 0 Å². The van der Waals surface area contributed by atoms with Crippen molar-refractivity contribution in [2.24, 2.45) is 11.1 Å². The van der Waals surface area contributed by atoms with E-state index in [1.807, 2.05) is 6.92 Å². The first-order valence-electron chi connectivity index (χ1n) is 12.2. The molecule has 1 heterocycles. The molecule has 8 heteroatoms. The number of likely N-dealkylation sites (tertiary alicyclic amines) is 1. The molecule has 2 atom stereocenters. The Balaban J connectivity index is 2.03. The van der Waals surface area contributed by atoms with Crippen LogP contribution in [0.25, 0.3) is 0 Å². The zero-order valence-electron chi connectivity index (χ0n) is 22.4. The van der Waals surface area contributed by atoms with Gasteiger partial charge in [0.15, 0.2) is 16.6 Å². The zero-order chi connectivity index (χ0) is 24.9. The predicted octanol–water partition coefficient (Wildman–Crippen LogP) is 5.04. The summed E-state index contributed by atoms with van der Waals surface area (Å²) in [5, 5.41) is 0.201. The predicted molar refractivity (Wildman–Crippen MR) is 135 cm³/mol. The lowest BCUT2D eigenvalue weighted by molar-refractivity contribution is -0.176. The number of nitrogens with zero attached hydrogens (tertiary/aromatic N) is 1. The first-order chi connectivity index (χ1) is 14.2. The Morgan fingerprint density at radius 2 is 1.50 bits per heavy atom. The van der Waals surface area contributed by atoms with Crippen molar-refractivity contribution >= 4 is 28.4 Å². The summed E-state index contributed by atoms with van der Waals surface area (Å²) >= 11 is 0. The van der Waals surface area contributed by atoms with Gasteiger partial charge in [-0.15, -0.1) is 0 Å². The molecule has 0 aromatic rings. The topological polar surface area (TPSA) is 81.9 Å². The fourth-order valence-corrected chi connectivity index (χ4v) is 7.31. The van der Waals surface area contributed by atoms with Crippen molar-refractivity contribution in [3.8, 4) is 0 Å². The van der Waals surface area contributed by atoms with Gasteiger partial charge in [-0.2, -0.15) is 0 Å². The lowest BCUT2D eigenvalue weighted by Gasteiger charge is -2.55. The van der Waals surface area contributed by atoms with E-state index in [1.165, 1.54) is 0 Å². The van der Waals surface area contributed by atoms with Crippen LogP contribution in [0.4, 0.5) is 0 Å². The van der Waals surface area contributed by atoms with Crippen LogP contribution in [0.1, 0.15) is 74.1 Å². The number of hydrogen-bond donors (Lipinski definition) is 1. The zero-order valence-corrected chi connectivity index (χ0v) is 24.4. The van der Waals surface area contributed by atoms with Gasteiger partial charge >= 0.3 is 0 Å². The van der Waals surface area contributed by atoms with E-state index in [0.29, 0.717) is 6.54 Å². The SMILES string of the molecule is C[C@@H](O[Si](C)(C)C(C)(C)C)[C@@H](C(N)=O)N1CC2(CCC(O[Si](C)(C)C(C)(C)C)CC2)C1=O. The number of β-lactam (4-membered cyclic amide) rings is 1. The molecule has 1 aliphatic heterocycles. The summed E-state index contributed by atoms with van der Waals surface area (Å²) in [5.41, 5.74) is 5.43. The van der Waals surface area contributed by atoms with Gasteiger partial charge < -0.3 is 19.5 Å². The van der Waals surface area contributed by atoms with Crippen molar-refractivity contribution in [1.29, 1.82) is 0 Å². The van der Waals surface area contributed by atoms with E-state index in [2.05, 4.69) is 67.7 Å². The quantitative estimate of drug-likeness (QED) is 0.405. The molecule has 2 fully saturated rings. The number of carbonyl (C=O) groups excluding carboxylic acids is 2. The summed E-state index contributed by atoms with van der Waals surface area (Å²) in [6, 6.07) is -0.705. The largest absolute Gasteiger partial charge is 0.414 e. The molecule has 1 spiro atoms. The molecule has 0 aromatic heterocycles. The lowest BCUT2D eigenvalue weighted by Crippen LogP contribution is -2.70. The minimum atomic E-state index is -2.09. The van der Waals surface area contributed by atoms with Gasteiger partial charge in [0.2, 0.25) is 11.8 Å². The highest BCUT2D eigenvalue weighted by Gasteiger charge is 2.57. The van der Waals surface area contributed by atoms with Crippen LogP contribution in [0.2, 0.25) is 36.3 Å². The first-order valence-corrected chi connectivity index (χ1v) is 18.0. The van der Waals surface area contributed by atoms with Crippen LogP contribution in [0.15, 0.2) is 0 Å². The Hall–Kier alpha value is -0.706. The van der Waals surface area contributed by atoms with Gasteiger partial charge in [0, 0.05) is 12.6 Å². The normalized spacial score (nSPS) is 27.3. The van der Waals surface area contributed by atoms with Gasteiger partial charge in [-0.05, 0) is 68.9 Å². The van der Waals surface area contributed by atoms with Crippen molar-refractivity contribution in [3.05, 3.63) is 0 Å². The van der Waals surface area contributed by atoms with Crippen LogP contribution in [0.5, 0.6) is 0 Å². The Morgan fingerprint density at radius 1 is 1.03 bits per heavy atom. The maximum Gasteiger partial charge on any atom is 0.242 e. The Labute approximate surface area is 198 Å². The van der Waals surface area contributed by atoms with Crippen LogP contribution in [0.3, 0.4) is 0 Å². The van der Waals surface area contributed by atoms with Crippen molar-refractivity contribution in [2.45, 2.75) is 129 Å². The molecule has 2 amide bonds. The van der Waals surface area contributed by atoms with Crippen LogP contribution < -0.4 is 5.73 Å². The van der Waals surface area contributed by atoms with E-state index < -0.39 is 34.7 Å². The third-order valence-corrected chi connectivity index (χ3v) is 17.8. The third kappa shape index (κ3) is 5.34. The maximum atomic E-state index is 13.3. The van der Waals surface area contributed by atoms with Gasteiger partial charge in [0.1, 0.15) is 6.04 Å². The molecule has 6 nitrogen and oxygen atoms in total. The maximum absolute atomic E-state index is 13.3. The van der Waals surface area contributed by atoms with E-state index in [0.717, 1.165) is 25.7 Å². The van der Waals surface area contributed by atoms with Gasteiger partial charge in [-0.3, -0.25) is 9.59 Å². The van der Waals surface area contributed by atoms with Crippen LogP contribution in [-0.2, 0) is 18.4 Å². The second-order valence-corrected chi connectivity index (χ2v) is 22.7. The Kier molecular flexibility index (Phi) is 7.59. The average molecular weight is 485 g/mol. The number of nitrogens with two attached hydrogens (primary N) is 1. The highest BCUT2D eigenvalue weighted by atomic mass is 28.4. The number of hydrogen-bond acceptors (Lipinski definition) is 4. The number of amides is 2. The third-order valence-electron chi connectivity index (χ3n) is 8.70. The van der Waals surface area contributed by atoms with Gasteiger partial charge in [-0.25, -0.2) is 0 Å². The first kappa shape index (κ1) is 27.5. The highest BCUT2D eigenvalue weighted by Crippen LogP contribution is 2.48. The molecule has 0 unspecified atom stereocenters. The molecular weight excluding hydrogens is 436 g/mol. The minimum absolute atomic E-state index is 0.0200. The van der Waals surface area contributed by atoms with Crippen molar-refractivity contribution < 1.29 is 18.4 Å². The summed E-state index contributed by atoms with van der Waals surface area (Å²) in [4.78, 5) is 27.4. The van der Waals surface area contributed by atoms with Crippen molar-refractivity contribution in [3.63, 3.8) is 0 Å². The van der Waals surface area contributed by atoms with E-state index >= 15 is 0 Å². The summed E-state index contributed by atoms with van der Waals surface area (Å²) in [6.45, 7) is 24.6. The highest BCUT2D eigenvalue weighted by molar-refractivity contribution is 6.74. The summed E-state index contributed by atoms with van der Waals surface area (Å²) in [7, 11) is -3.90. The van der Waals surface area contributed by atoms with Gasteiger partial charge in [0.05, 0.1) is 11.5 Å². The van der Waals surface area contributed by atoms with Crippen molar-refractivity contribution in [2.75, 3.05) is 6.54 Å². The van der Waals surface area contributed by atoms with E-state index in [1.54, 1.807) is 4.90 Å². The molecule has 0 bridgehead atoms. The van der Waals surface area contributed by atoms with Crippen LogP contribution >= 0.6 is 0 Å². The van der Waals surface area contributed by atoms with Gasteiger partial charge in [-0.1, -0.05) is 41.5 Å². The molecule has 0 radical (unpaired) electrons. The monoisotopic (exact) mass is 484 g/mol. The molecule has 1 saturated heterocycles. The average Bonchev–Trinajstić information content (AvgIpc) is 2.59. The van der Waals surface area contributed by atoms with Crippen LogP contribution in [-0.4, -0.2) is 58.1 Å². The molecule has 2 aliphatic rings. The molecular formula is C24H48N2O4Si2. The Bertz CT molecular complexity index is 716. The number of primary amides is 1. The second kappa shape index (κ2) is 8.82. The standard InChI is InChI=1S/C24H48N2O4Si2/c1-17(29-31(8,9)22(2,3)4)19(20(25)27)26-16-24(21(26)28)14-12-18(13-15-24)30-32(10,11)23(5,6)7/h17-19H,12-16H2,1-11H3,(H2,25,27)/t17-,18?,19+,24?/m1/s1. The summed E-state index contributed by atoms with van der Waals surface area (Å²) < 4.78 is 13.0. The molecule has 1 aliphatic carbocycles. The fraction of sp³-hybridized carbons (Fsp3) is 0.917. The van der Waals surface area contributed by atoms with Crippen molar-refractivity contribution in [1.82, 2.24) is 4.90 Å². The van der Waals surface area contributed by atoms with E-state index in [9.17, 15) is 9.59 Å². The summed E-state index contributed by atoms with van der Waals surface area (Å²) in [6.07, 6.45) is 3.28. The molecule has 0 aromatic carbocycles. The molecule has 1 saturated carbocycles. The molecule has 2 N–H and O–H groups in total. The fourth-order valence-electron chi connectivity index (χ4n) is 4.48.